The molecule has 0 bridgehead atoms. The third-order valence-corrected chi connectivity index (χ3v) is 3.70. The summed E-state index contributed by atoms with van der Waals surface area (Å²) in [5.74, 6) is 0.454. The summed E-state index contributed by atoms with van der Waals surface area (Å²) in [4.78, 5) is 0. The predicted octanol–water partition coefficient (Wildman–Crippen LogP) is 3.89. The van der Waals surface area contributed by atoms with Gasteiger partial charge in [0.1, 0.15) is 28.4 Å². The molecule has 0 saturated carbocycles. The smallest absolute Gasteiger partial charge is 0.147 e. The Morgan fingerprint density at radius 3 is 2.33 bits per heavy atom. The summed E-state index contributed by atoms with van der Waals surface area (Å²) in [7, 11) is 2.97. The van der Waals surface area contributed by atoms with Crippen molar-refractivity contribution in [1.82, 2.24) is 0 Å². The van der Waals surface area contributed by atoms with E-state index in [2.05, 4.69) is 0 Å². The molecule has 0 aromatic heterocycles. The van der Waals surface area contributed by atoms with Crippen LogP contribution < -0.4 is 9.47 Å². The number of aliphatic hydroxyl groups is 1. The lowest BCUT2D eigenvalue weighted by molar-refractivity contribution is 0.213. The lowest BCUT2D eigenvalue weighted by atomic mass is 9.96. The van der Waals surface area contributed by atoms with Gasteiger partial charge in [0, 0.05) is 5.56 Å². The zero-order valence-electron chi connectivity index (χ0n) is 12.0. The fourth-order valence-electron chi connectivity index (χ4n) is 2.25. The fourth-order valence-corrected chi connectivity index (χ4v) is 2.57. The number of hydrogen-bond acceptors (Lipinski definition) is 3. The van der Waals surface area contributed by atoms with E-state index in [0.29, 0.717) is 28.2 Å². The second kappa shape index (κ2) is 6.33. The Bertz CT molecular complexity index is 658. The summed E-state index contributed by atoms with van der Waals surface area (Å²) in [5, 5.41) is 10.8. The van der Waals surface area contributed by atoms with Gasteiger partial charge in [0.2, 0.25) is 0 Å². The van der Waals surface area contributed by atoms with Crippen LogP contribution in [-0.4, -0.2) is 19.3 Å². The maximum atomic E-state index is 13.2. The molecule has 0 aliphatic heterocycles. The molecule has 0 aliphatic carbocycles. The highest BCUT2D eigenvalue weighted by atomic mass is 35.5. The van der Waals surface area contributed by atoms with E-state index in [1.807, 2.05) is 0 Å². The molecule has 0 saturated heterocycles. The van der Waals surface area contributed by atoms with Gasteiger partial charge in [-0.2, -0.15) is 0 Å². The van der Waals surface area contributed by atoms with E-state index in [9.17, 15) is 9.50 Å². The van der Waals surface area contributed by atoms with E-state index in [1.165, 1.54) is 26.4 Å². The van der Waals surface area contributed by atoms with Gasteiger partial charge in [-0.25, -0.2) is 4.39 Å². The van der Waals surface area contributed by atoms with Gasteiger partial charge < -0.3 is 14.6 Å². The molecule has 2 aromatic rings. The number of ether oxygens (including phenoxy) is 2. The van der Waals surface area contributed by atoms with E-state index >= 15 is 0 Å². The lowest BCUT2D eigenvalue weighted by Crippen LogP contribution is -2.05. The van der Waals surface area contributed by atoms with Gasteiger partial charge in [-0.3, -0.25) is 0 Å². The highest BCUT2D eigenvalue weighted by Gasteiger charge is 2.21. The van der Waals surface area contributed by atoms with Crippen molar-refractivity contribution in [2.45, 2.75) is 13.0 Å². The second-order valence-electron chi connectivity index (χ2n) is 4.61. The number of halogens is 2. The summed E-state index contributed by atoms with van der Waals surface area (Å²) >= 11 is 6.19. The highest BCUT2D eigenvalue weighted by Crippen LogP contribution is 2.41. The maximum absolute atomic E-state index is 13.2. The van der Waals surface area contributed by atoms with Crippen LogP contribution in [0, 0.1) is 12.7 Å². The first-order valence-corrected chi connectivity index (χ1v) is 6.71. The Balaban J connectivity index is 2.52. The van der Waals surface area contributed by atoms with Crippen LogP contribution in [0.4, 0.5) is 4.39 Å². The Morgan fingerprint density at radius 2 is 1.76 bits per heavy atom. The van der Waals surface area contributed by atoms with Gasteiger partial charge in [-0.15, -0.1) is 0 Å². The average molecular weight is 311 g/mol. The van der Waals surface area contributed by atoms with Crippen LogP contribution in [0.5, 0.6) is 11.5 Å². The minimum atomic E-state index is -0.969. The van der Waals surface area contributed by atoms with Gasteiger partial charge in [0.05, 0.1) is 14.2 Å². The molecule has 0 heterocycles. The SMILES string of the molecule is COc1ccc(C(O)c2ccc(F)cc2C)c(OC)c1Cl. The molecule has 112 valence electrons. The van der Waals surface area contributed by atoms with E-state index in [4.69, 9.17) is 21.1 Å². The molecule has 0 amide bonds. The van der Waals surface area contributed by atoms with Gasteiger partial charge >= 0.3 is 0 Å². The van der Waals surface area contributed by atoms with Gasteiger partial charge in [0.25, 0.3) is 0 Å². The summed E-state index contributed by atoms with van der Waals surface area (Å²) < 4.78 is 23.6. The number of aryl methyl sites for hydroxylation is 1. The minimum absolute atomic E-state index is 0.288. The Labute approximate surface area is 127 Å². The van der Waals surface area contributed by atoms with Crippen molar-refractivity contribution in [3.05, 3.63) is 57.9 Å². The number of aliphatic hydroxyl groups excluding tert-OH is 1. The van der Waals surface area contributed by atoms with Crippen LogP contribution in [-0.2, 0) is 0 Å². The first-order chi connectivity index (χ1) is 9.99. The fraction of sp³-hybridized carbons (Fsp3) is 0.250. The Hall–Kier alpha value is -1.78. The summed E-state index contributed by atoms with van der Waals surface area (Å²) in [5.41, 5.74) is 1.74. The zero-order valence-corrected chi connectivity index (χ0v) is 12.7. The largest absolute Gasteiger partial charge is 0.495 e. The van der Waals surface area contributed by atoms with E-state index in [-0.39, 0.29) is 10.8 Å². The molecule has 21 heavy (non-hydrogen) atoms. The molecule has 0 aliphatic rings. The molecule has 1 N–H and O–H groups in total. The van der Waals surface area contributed by atoms with Crippen LogP contribution >= 0.6 is 11.6 Å². The van der Waals surface area contributed by atoms with Crippen LogP contribution in [0.2, 0.25) is 5.02 Å². The number of benzene rings is 2. The minimum Gasteiger partial charge on any atom is -0.495 e. The van der Waals surface area contributed by atoms with Crippen LogP contribution in [0.1, 0.15) is 22.8 Å². The molecule has 2 aromatic carbocycles. The number of rotatable bonds is 4. The average Bonchev–Trinajstić information content (AvgIpc) is 2.46. The zero-order chi connectivity index (χ0) is 15.6. The number of hydrogen-bond donors (Lipinski definition) is 1. The topological polar surface area (TPSA) is 38.7 Å². The molecule has 0 radical (unpaired) electrons. The Kier molecular flexibility index (Phi) is 4.70. The molecular weight excluding hydrogens is 295 g/mol. The lowest BCUT2D eigenvalue weighted by Gasteiger charge is -2.19. The van der Waals surface area contributed by atoms with Gasteiger partial charge in [-0.1, -0.05) is 17.7 Å². The van der Waals surface area contributed by atoms with Crippen molar-refractivity contribution in [3.8, 4) is 11.5 Å². The normalized spacial score (nSPS) is 12.1. The first kappa shape index (κ1) is 15.6. The summed E-state index contributed by atoms with van der Waals surface area (Å²) in [6.45, 7) is 1.74. The molecule has 5 heteroatoms. The molecular formula is C16H16ClFO3. The molecule has 2 rings (SSSR count). The third kappa shape index (κ3) is 2.96. The summed E-state index contributed by atoms with van der Waals surface area (Å²) in [6.07, 6.45) is -0.969. The van der Waals surface area contributed by atoms with Crippen molar-refractivity contribution in [3.63, 3.8) is 0 Å². The molecule has 1 atom stereocenters. The van der Waals surface area contributed by atoms with Crippen LogP contribution in [0.25, 0.3) is 0 Å². The predicted molar refractivity (Wildman–Crippen MR) is 79.8 cm³/mol. The Morgan fingerprint density at radius 1 is 1.10 bits per heavy atom. The molecule has 0 spiro atoms. The standard InChI is InChI=1S/C16H16ClFO3/c1-9-8-10(18)4-5-11(9)15(19)12-6-7-13(20-2)14(17)16(12)21-3/h4-8,15,19H,1-3H3. The van der Waals surface area contributed by atoms with Gasteiger partial charge in [0.15, 0.2) is 0 Å². The third-order valence-electron chi connectivity index (χ3n) is 3.34. The quantitative estimate of drug-likeness (QED) is 0.931. The van der Waals surface area contributed by atoms with E-state index < -0.39 is 6.10 Å². The molecule has 0 fully saturated rings. The monoisotopic (exact) mass is 310 g/mol. The van der Waals surface area contributed by atoms with Crippen molar-refractivity contribution in [2.24, 2.45) is 0 Å². The van der Waals surface area contributed by atoms with E-state index in [0.717, 1.165) is 0 Å². The van der Waals surface area contributed by atoms with Crippen LogP contribution in [0.15, 0.2) is 30.3 Å². The van der Waals surface area contributed by atoms with Crippen LogP contribution in [0.3, 0.4) is 0 Å². The van der Waals surface area contributed by atoms with Crippen molar-refractivity contribution in [1.29, 1.82) is 0 Å². The summed E-state index contributed by atoms with van der Waals surface area (Å²) in [6, 6.07) is 7.56. The first-order valence-electron chi connectivity index (χ1n) is 6.34. The highest BCUT2D eigenvalue weighted by molar-refractivity contribution is 6.33. The van der Waals surface area contributed by atoms with Crippen molar-refractivity contribution >= 4 is 11.6 Å². The van der Waals surface area contributed by atoms with E-state index in [1.54, 1.807) is 25.1 Å². The second-order valence-corrected chi connectivity index (χ2v) is 4.99. The molecule has 3 nitrogen and oxygen atoms in total. The van der Waals surface area contributed by atoms with Crippen molar-refractivity contribution < 1.29 is 19.0 Å². The maximum Gasteiger partial charge on any atom is 0.147 e. The van der Waals surface area contributed by atoms with Gasteiger partial charge in [-0.05, 0) is 42.3 Å². The molecule has 1 unspecified atom stereocenters. The van der Waals surface area contributed by atoms with Crippen molar-refractivity contribution in [2.75, 3.05) is 14.2 Å². The number of methoxy groups -OCH3 is 2.